The van der Waals surface area contributed by atoms with E-state index in [4.69, 9.17) is 4.74 Å². The van der Waals surface area contributed by atoms with Gasteiger partial charge < -0.3 is 15.4 Å². The quantitative estimate of drug-likeness (QED) is 0.573. The molecule has 4 rings (SSSR count). The fraction of sp³-hybridized carbons (Fsp3) is 0.318. The molecule has 2 heterocycles. The fourth-order valence-electron chi connectivity index (χ4n) is 3.36. The molecule has 3 aromatic rings. The highest BCUT2D eigenvalue weighted by molar-refractivity contribution is 7.18. The molecule has 0 fully saturated rings. The normalized spacial score (nSPS) is 14.0. The number of rotatable bonds is 7. The molecule has 1 aromatic heterocycles. The van der Waals surface area contributed by atoms with Crippen LogP contribution in [0.2, 0.25) is 0 Å². The second-order valence-electron chi connectivity index (χ2n) is 7.16. The molecule has 0 aliphatic carbocycles. The summed E-state index contributed by atoms with van der Waals surface area (Å²) in [6, 6.07) is 13.6. The van der Waals surface area contributed by atoms with Crippen LogP contribution in [0.15, 0.2) is 42.5 Å². The standard InChI is InChI=1S/C22H23N3O3S/c1-14(15-10-11-18-17(12-15)24-21(27)13-28-18)23-20(26)8-4-5-9-22-25-16-6-2-3-7-19(16)29-22/h2-3,6-7,10-12,14H,4-5,8-9,13H2,1H3,(H,23,26)(H,24,27). The van der Waals surface area contributed by atoms with Crippen LogP contribution >= 0.6 is 11.3 Å². The van der Waals surface area contributed by atoms with Gasteiger partial charge in [0.05, 0.1) is 27.0 Å². The lowest BCUT2D eigenvalue weighted by atomic mass is 10.1. The van der Waals surface area contributed by atoms with Crippen LogP contribution in [0.4, 0.5) is 5.69 Å². The first kappa shape index (κ1) is 19.4. The maximum atomic E-state index is 12.3. The van der Waals surface area contributed by atoms with Crippen molar-refractivity contribution in [3.8, 4) is 5.75 Å². The molecular formula is C22H23N3O3S. The first-order valence-electron chi connectivity index (χ1n) is 9.79. The van der Waals surface area contributed by atoms with E-state index in [0.717, 1.165) is 35.4 Å². The van der Waals surface area contributed by atoms with E-state index in [-0.39, 0.29) is 24.5 Å². The number of nitrogens with one attached hydrogen (secondary N) is 2. The number of hydrogen-bond donors (Lipinski definition) is 2. The number of amides is 2. The van der Waals surface area contributed by atoms with Crippen LogP contribution < -0.4 is 15.4 Å². The van der Waals surface area contributed by atoms with E-state index >= 15 is 0 Å². The van der Waals surface area contributed by atoms with Gasteiger partial charge in [0, 0.05) is 6.42 Å². The van der Waals surface area contributed by atoms with Crippen molar-refractivity contribution in [2.75, 3.05) is 11.9 Å². The van der Waals surface area contributed by atoms with E-state index in [2.05, 4.69) is 21.7 Å². The van der Waals surface area contributed by atoms with Gasteiger partial charge in [-0.05, 0) is 56.0 Å². The minimum absolute atomic E-state index is 0.0276. The van der Waals surface area contributed by atoms with E-state index in [1.54, 1.807) is 11.3 Å². The van der Waals surface area contributed by atoms with Crippen molar-refractivity contribution in [3.63, 3.8) is 0 Å². The molecule has 0 saturated carbocycles. The summed E-state index contributed by atoms with van der Waals surface area (Å²) in [7, 11) is 0. The summed E-state index contributed by atoms with van der Waals surface area (Å²) < 4.78 is 6.58. The van der Waals surface area contributed by atoms with Crippen LogP contribution in [0.25, 0.3) is 10.2 Å². The number of hydrogen-bond acceptors (Lipinski definition) is 5. The molecule has 1 atom stereocenters. The summed E-state index contributed by atoms with van der Waals surface area (Å²) in [6.45, 7) is 1.97. The van der Waals surface area contributed by atoms with Gasteiger partial charge in [0.25, 0.3) is 5.91 Å². The molecule has 7 heteroatoms. The lowest BCUT2D eigenvalue weighted by Crippen LogP contribution is -2.28. The van der Waals surface area contributed by atoms with Crippen LogP contribution in [-0.4, -0.2) is 23.4 Å². The van der Waals surface area contributed by atoms with Gasteiger partial charge >= 0.3 is 0 Å². The number of aromatic nitrogens is 1. The highest BCUT2D eigenvalue weighted by atomic mass is 32.1. The minimum atomic E-state index is -0.167. The first-order valence-corrected chi connectivity index (χ1v) is 10.6. The third kappa shape index (κ3) is 4.74. The van der Waals surface area contributed by atoms with Crippen molar-refractivity contribution in [2.45, 2.75) is 38.6 Å². The number of aryl methyl sites for hydroxylation is 1. The number of fused-ring (bicyclic) bond motifs is 2. The van der Waals surface area contributed by atoms with Gasteiger partial charge in [0.1, 0.15) is 5.75 Å². The van der Waals surface area contributed by atoms with E-state index < -0.39 is 0 Å². The summed E-state index contributed by atoms with van der Waals surface area (Å²) in [4.78, 5) is 28.4. The molecule has 0 saturated heterocycles. The summed E-state index contributed by atoms with van der Waals surface area (Å²) in [5, 5.41) is 6.95. The second kappa shape index (κ2) is 8.61. The zero-order chi connectivity index (χ0) is 20.2. The molecule has 2 amide bonds. The minimum Gasteiger partial charge on any atom is -0.482 e. The zero-order valence-electron chi connectivity index (χ0n) is 16.2. The number of para-hydroxylation sites is 1. The Morgan fingerprint density at radius 2 is 2.14 bits per heavy atom. The first-order chi connectivity index (χ1) is 14.1. The van der Waals surface area contributed by atoms with Crippen molar-refractivity contribution in [1.29, 1.82) is 0 Å². The van der Waals surface area contributed by atoms with E-state index in [1.807, 2.05) is 43.3 Å². The summed E-state index contributed by atoms with van der Waals surface area (Å²) >= 11 is 1.72. The molecule has 150 valence electrons. The van der Waals surface area contributed by atoms with Crippen molar-refractivity contribution < 1.29 is 14.3 Å². The van der Waals surface area contributed by atoms with Crippen molar-refractivity contribution in [3.05, 3.63) is 53.0 Å². The van der Waals surface area contributed by atoms with Crippen LogP contribution in [0, 0.1) is 0 Å². The molecule has 6 nitrogen and oxygen atoms in total. The molecule has 1 aliphatic rings. The van der Waals surface area contributed by atoms with Gasteiger partial charge in [-0.15, -0.1) is 11.3 Å². The van der Waals surface area contributed by atoms with Crippen LogP contribution in [0.1, 0.15) is 42.8 Å². The van der Waals surface area contributed by atoms with Gasteiger partial charge in [-0.2, -0.15) is 0 Å². The Hall–Kier alpha value is -2.93. The van der Waals surface area contributed by atoms with Crippen molar-refractivity contribution >= 4 is 39.1 Å². The predicted molar refractivity (Wildman–Crippen MR) is 114 cm³/mol. The SMILES string of the molecule is CC(NC(=O)CCCCc1nc2ccccc2s1)c1ccc2c(c1)NC(=O)CO2. The summed E-state index contributed by atoms with van der Waals surface area (Å²) in [5.74, 6) is 0.515. The maximum Gasteiger partial charge on any atom is 0.262 e. The number of thiazole rings is 1. The van der Waals surface area contributed by atoms with Gasteiger partial charge in [-0.25, -0.2) is 4.98 Å². The fourth-order valence-corrected chi connectivity index (χ4v) is 4.36. The lowest BCUT2D eigenvalue weighted by Gasteiger charge is -2.21. The predicted octanol–water partition coefficient (Wildman–Crippen LogP) is 4.22. The molecule has 0 radical (unpaired) electrons. The molecule has 29 heavy (non-hydrogen) atoms. The van der Waals surface area contributed by atoms with Crippen LogP contribution in [0.5, 0.6) is 5.75 Å². The Balaban J connectivity index is 1.24. The second-order valence-corrected chi connectivity index (χ2v) is 8.28. The molecule has 2 aromatic carbocycles. The Bertz CT molecular complexity index is 1010. The number of ether oxygens (including phenoxy) is 1. The number of anilines is 1. The van der Waals surface area contributed by atoms with Gasteiger partial charge in [-0.3, -0.25) is 9.59 Å². The average molecular weight is 410 g/mol. The van der Waals surface area contributed by atoms with E-state index in [9.17, 15) is 9.59 Å². The Morgan fingerprint density at radius 3 is 3.00 bits per heavy atom. The zero-order valence-corrected chi connectivity index (χ0v) is 17.1. The molecule has 1 unspecified atom stereocenters. The third-order valence-electron chi connectivity index (χ3n) is 4.90. The molecule has 0 spiro atoms. The lowest BCUT2D eigenvalue weighted by molar-refractivity contribution is -0.122. The number of nitrogens with zero attached hydrogens (tertiary/aromatic N) is 1. The molecule has 1 aliphatic heterocycles. The summed E-state index contributed by atoms with van der Waals surface area (Å²) in [5.41, 5.74) is 2.62. The van der Waals surface area contributed by atoms with Crippen molar-refractivity contribution in [2.24, 2.45) is 0 Å². The maximum absolute atomic E-state index is 12.3. The van der Waals surface area contributed by atoms with E-state index in [0.29, 0.717) is 17.9 Å². The number of carbonyl (C=O) groups excluding carboxylic acids is 2. The summed E-state index contributed by atoms with van der Waals surface area (Å²) in [6.07, 6.45) is 3.14. The molecule has 2 N–H and O–H groups in total. The Kier molecular flexibility index (Phi) is 5.76. The highest BCUT2D eigenvalue weighted by Crippen LogP contribution is 2.30. The average Bonchev–Trinajstić information content (AvgIpc) is 3.13. The number of benzene rings is 2. The monoisotopic (exact) mass is 409 g/mol. The van der Waals surface area contributed by atoms with Crippen LogP contribution in [-0.2, 0) is 16.0 Å². The van der Waals surface area contributed by atoms with Gasteiger partial charge in [0.15, 0.2) is 6.61 Å². The Labute approximate surface area is 173 Å². The van der Waals surface area contributed by atoms with Gasteiger partial charge in [0.2, 0.25) is 5.91 Å². The third-order valence-corrected chi connectivity index (χ3v) is 5.99. The highest BCUT2D eigenvalue weighted by Gasteiger charge is 2.18. The van der Waals surface area contributed by atoms with Crippen LogP contribution in [0.3, 0.4) is 0 Å². The number of unbranched alkanes of at least 4 members (excludes halogenated alkanes) is 1. The van der Waals surface area contributed by atoms with Gasteiger partial charge in [-0.1, -0.05) is 18.2 Å². The smallest absolute Gasteiger partial charge is 0.262 e. The molecule has 0 bridgehead atoms. The molecular weight excluding hydrogens is 386 g/mol. The Morgan fingerprint density at radius 1 is 1.28 bits per heavy atom. The topological polar surface area (TPSA) is 80.3 Å². The largest absolute Gasteiger partial charge is 0.482 e. The van der Waals surface area contributed by atoms with Crippen molar-refractivity contribution in [1.82, 2.24) is 10.3 Å². The van der Waals surface area contributed by atoms with E-state index in [1.165, 1.54) is 4.70 Å². The number of carbonyl (C=O) groups is 2.